The van der Waals surface area contributed by atoms with Crippen LogP contribution in [0.15, 0.2) is 30.3 Å². The largest absolute Gasteiger partial charge is 0.399 e. The highest BCUT2D eigenvalue weighted by atomic mass is 35.5. The number of nitrogens with one attached hydrogen (secondary N) is 1. The van der Waals surface area contributed by atoms with Gasteiger partial charge in [0, 0.05) is 5.69 Å². The Kier molecular flexibility index (Phi) is 3.44. The number of rotatable bonds is 2. The lowest BCUT2D eigenvalue weighted by Gasteiger charge is -2.08. The third kappa shape index (κ3) is 2.53. The number of anilines is 2. The molecule has 0 unspecified atom stereocenters. The van der Waals surface area contributed by atoms with Gasteiger partial charge >= 0.3 is 0 Å². The van der Waals surface area contributed by atoms with E-state index in [0.717, 1.165) is 17.8 Å². The molecule has 0 fully saturated rings. The van der Waals surface area contributed by atoms with Gasteiger partial charge in [0.25, 0.3) is 5.91 Å². The Balaban J connectivity index is 2.00. The number of fused-ring (bicyclic) bond motifs is 1. The molecule has 2 aromatic carbocycles. The summed E-state index contributed by atoms with van der Waals surface area (Å²) in [5, 5.41) is 2.87. The first-order valence-electron chi connectivity index (χ1n) is 5.83. The standard InChI is InChI=1S/C13H8ClFN4OS/c14-8-3-4-10-12(19-21-18-10)11(8)17-13(20)7-2-1-6(16)5-9(7)15/h1-5H,16H2,(H,17,20). The Bertz CT molecular complexity index is 851. The predicted molar refractivity (Wildman–Crippen MR) is 81.2 cm³/mol. The van der Waals surface area contributed by atoms with E-state index in [4.69, 9.17) is 17.3 Å². The number of carbonyl (C=O) groups excluding carboxylic acids is 1. The topological polar surface area (TPSA) is 80.9 Å². The van der Waals surface area contributed by atoms with E-state index < -0.39 is 11.7 Å². The zero-order valence-electron chi connectivity index (χ0n) is 10.4. The zero-order chi connectivity index (χ0) is 15.0. The summed E-state index contributed by atoms with van der Waals surface area (Å²) in [6.45, 7) is 0. The highest BCUT2D eigenvalue weighted by Crippen LogP contribution is 2.30. The normalized spacial score (nSPS) is 10.8. The fraction of sp³-hybridized carbons (Fsp3) is 0. The highest BCUT2D eigenvalue weighted by molar-refractivity contribution is 7.00. The molecule has 5 nitrogen and oxygen atoms in total. The minimum Gasteiger partial charge on any atom is -0.399 e. The Labute approximate surface area is 127 Å². The number of nitrogen functional groups attached to an aromatic ring is 1. The lowest BCUT2D eigenvalue weighted by molar-refractivity contribution is 0.102. The minimum absolute atomic E-state index is 0.125. The van der Waals surface area contributed by atoms with Gasteiger partial charge in [0.1, 0.15) is 16.9 Å². The third-order valence-electron chi connectivity index (χ3n) is 2.85. The molecular weight excluding hydrogens is 315 g/mol. The van der Waals surface area contributed by atoms with Crippen molar-refractivity contribution >= 4 is 51.6 Å². The predicted octanol–water partition coefficient (Wildman–Crippen LogP) is 3.32. The summed E-state index contributed by atoms with van der Waals surface area (Å²) in [5.41, 5.74) is 6.96. The van der Waals surface area contributed by atoms with Gasteiger partial charge in [-0.1, -0.05) is 11.6 Å². The monoisotopic (exact) mass is 322 g/mol. The molecule has 21 heavy (non-hydrogen) atoms. The van der Waals surface area contributed by atoms with Crippen molar-refractivity contribution in [1.29, 1.82) is 0 Å². The Morgan fingerprint density at radius 1 is 1.29 bits per heavy atom. The molecule has 0 saturated heterocycles. The maximum absolute atomic E-state index is 13.8. The molecule has 0 saturated carbocycles. The summed E-state index contributed by atoms with van der Waals surface area (Å²) in [6.07, 6.45) is 0. The number of hydrogen-bond donors (Lipinski definition) is 2. The second-order valence-corrected chi connectivity index (χ2v) is 5.18. The first kappa shape index (κ1) is 13.7. The number of hydrogen-bond acceptors (Lipinski definition) is 5. The van der Waals surface area contributed by atoms with Crippen molar-refractivity contribution in [2.45, 2.75) is 0 Å². The molecule has 0 aliphatic carbocycles. The van der Waals surface area contributed by atoms with Crippen LogP contribution in [0.4, 0.5) is 15.8 Å². The van der Waals surface area contributed by atoms with E-state index in [2.05, 4.69) is 14.1 Å². The Morgan fingerprint density at radius 2 is 2.10 bits per heavy atom. The smallest absolute Gasteiger partial charge is 0.258 e. The Hall–Kier alpha value is -2.25. The van der Waals surface area contributed by atoms with Crippen molar-refractivity contribution in [3.63, 3.8) is 0 Å². The summed E-state index contributed by atoms with van der Waals surface area (Å²) >= 11 is 7.07. The molecule has 106 valence electrons. The molecule has 1 heterocycles. The molecule has 3 aromatic rings. The van der Waals surface area contributed by atoms with Crippen LogP contribution >= 0.6 is 23.3 Å². The zero-order valence-corrected chi connectivity index (χ0v) is 12.0. The van der Waals surface area contributed by atoms with Crippen LogP contribution in [0, 0.1) is 5.82 Å². The molecule has 1 aromatic heterocycles. The number of carbonyl (C=O) groups is 1. The lowest BCUT2D eigenvalue weighted by atomic mass is 10.1. The van der Waals surface area contributed by atoms with Gasteiger partial charge in [-0.15, -0.1) is 0 Å². The average Bonchev–Trinajstić information content (AvgIpc) is 2.90. The van der Waals surface area contributed by atoms with Crippen LogP contribution in [0.1, 0.15) is 10.4 Å². The summed E-state index contributed by atoms with van der Waals surface area (Å²) in [7, 11) is 0. The van der Waals surface area contributed by atoms with E-state index in [-0.39, 0.29) is 11.3 Å². The second kappa shape index (κ2) is 5.27. The van der Waals surface area contributed by atoms with Gasteiger partial charge in [-0.3, -0.25) is 4.79 Å². The molecule has 3 N–H and O–H groups in total. The van der Waals surface area contributed by atoms with Gasteiger partial charge in [-0.05, 0) is 30.3 Å². The van der Waals surface area contributed by atoms with Gasteiger partial charge < -0.3 is 11.1 Å². The van der Waals surface area contributed by atoms with E-state index in [1.165, 1.54) is 12.1 Å². The number of aromatic nitrogens is 2. The number of halogens is 2. The first-order chi connectivity index (χ1) is 10.1. The van der Waals surface area contributed by atoms with E-state index >= 15 is 0 Å². The van der Waals surface area contributed by atoms with Crippen molar-refractivity contribution in [3.05, 3.63) is 46.7 Å². The summed E-state index contributed by atoms with van der Waals surface area (Å²) < 4.78 is 21.9. The van der Waals surface area contributed by atoms with Crippen molar-refractivity contribution in [1.82, 2.24) is 8.75 Å². The number of benzene rings is 2. The SMILES string of the molecule is Nc1ccc(C(=O)Nc2c(Cl)ccc3nsnc23)c(F)c1. The van der Waals surface area contributed by atoms with Gasteiger partial charge in [0.05, 0.1) is 28.0 Å². The molecule has 0 atom stereocenters. The first-order valence-corrected chi connectivity index (χ1v) is 6.94. The van der Waals surface area contributed by atoms with Crippen LogP contribution in [-0.4, -0.2) is 14.7 Å². The summed E-state index contributed by atoms with van der Waals surface area (Å²) in [5.74, 6) is -1.33. The average molecular weight is 323 g/mol. The van der Waals surface area contributed by atoms with Crippen molar-refractivity contribution < 1.29 is 9.18 Å². The molecule has 0 aliphatic heterocycles. The van der Waals surface area contributed by atoms with E-state index in [9.17, 15) is 9.18 Å². The van der Waals surface area contributed by atoms with Crippen LogP contribution < -0.4 is 11.1 Å². The number of nitrogens with two attached hydrogens (primary N) is 1. The maximum atomic E-state index is 13.8. The molecule has 8 heteroatoms. The fourth-order valence-electron chi connectivity index (χ4n) is 1.84. The summed E-state index contributed by atoms with van der Waals surface area (Å²) in [4.78, 5) is 12.2. The van der Waals surface area contributed by atoms with Crippen LogP contribution in [0.2, 0.25) is 5.02 Å². The highest BCUT2D eigenvalue weighted by Gasteiger charge is 2.16. The van der Waals surface area contributed by atoms with Crippen molar-refractivity contribution in [3.8, 4) is 0 Å². The van der Waals surface area contributed by atoms with E-state index in [0.29, 0.717) is 21.7 Å². The molecule has 3 rings (SSSR count). The molecule has 0 spiro atoms. The van der Waals surface area contributed by atoms with E-state index in [1.54, 1.807) is 12.1 Å². The maximum Gasteiger partial charge on any atom is 0.258 e. The molecular formula is C13H8ClFN4OS. The van der Waals surface area contributed by atoms with Gasteiger partial charge in [-0.25, -0.2) is 4.39 Å². The minimum atomic E-state index is -0.702. The van der Waals surface area contributed by atoms with Crippen LogP contribution in [0.3, 0.4) is 0 Å². The fourth-order valence-corrected chi connectivity index (χ4v) is 2.58. The van der Waals surface area contributed by atoms with E-state index in [1.807, 2.05) is 0 Å². The van der Waals surface area contributed by atoms with Crippen LogP contribution in [-0.2, 0) is 0 Å². The molecule has 0 bridgehead atoms. The molecule has 1 amide bonds. The van der Waals surface area contributed by atoms with Crippen molar-refractivity contribution in [2.75, 3.05) is 11.1 Å². The van der Waals surface area contributed by atoms with Crippen molar-refractivity contribution in [2.24, 2.45) is 0 Å². The number of nitrogens with zero attached hydrogens (tertiary/aromatic N) is 2. The van der Waals surface area contributed by atoms with Gasteiger partial charge in [0.2, 0.25) is 0 Å². The number of amides is 1. The Morgan fingerprint density at radius 3 is 2.86 bits per heavy atom. The van der Waals surface area contributed by atoms with Gasteiger partial charge in [-0.2, -0.15) is 8.75 Å². The van der Waals surface area contributed by atoms with Crippen LogP contribution in [0.5, 0.6) is 0 Å². The molecule has 0 aliphatic rings. The molecule has 0 radical (unpaired) electrons. The van der Waals surface area contributed by atoms with Gasteiger partial charge in [0.15, 0.2) is 0 Å². The summed E-state index contributed by atoms with van der Waals surface area (Å²) in [6, 6.07) is 7.14. The quantitative estimate of drug-likeness (QED) is 0.709. The third-order valence-corrected chi connectivity index (χ3v) is 3.71. The second-order valence-electron chi connectivity index (χ2n) is 4.25. The van der Waals surface area contributed by atoms with Crippen LogP contribution in [0.25, 0.3) is 11.0 Å². The lowest BCUT2D eigenvalue weighted by Crippen LogP contribution is -2.14.